The van der Waals surface area contributed by atoms with Gasteiger partial charge in [0.15, 0.2) is 6.10 Å². The van der Waals surface area contributed by atoms with Gasteiger partial charge in [0.25, 0.3) is 0 Å². The highest BCUT2D eigenvalue weighted by molar-refractivity contribution is 14.1. The van der Waals surface area contributed by atoms with Gasteiger partial charge in [0.1, 0.15) is 5.75 Å². The molecule has 82 valence electrons. The molecule has 1 aromatic carbocycles. The number of halogens is 2. The van der Waals surface area contributed by atoms with E-state index in [1.165, 1.54) is 0 Å². The third-order valence-corrected chi connectivity index (χ3v) is 3.36. The minimum Gasteiger partial charge on any atom is -0.479 e. The maximum atomic E-state index is 10.7. The number of rotatable bonds is 4. The van der Waals surface area contributed by atoms with Crippen molar-refractivity contribution >= 4 is 40.2 Å². The number of hydrogen-bond donors (Lipinski definition) is 1. The van der Waals surface area contributed by atoms with Crippen molar-refractivity contribution in [3.05, 3.63) is 26.8 Å². The number of aliphatic carboxylic acids is 1. The second-order valence-corrected chi connectivity index (χ2v) is 4.50. The van der Waals surface area contributed by atoms with Crippen molar-refractivity contribution < 1.29 is 14.6 Å². The zero-order valence-corrected chi connectivity index (χ0v) is 10.9. The molecule has 0 bridgehead atoms. The molecule has 0 aliphatic heterocycles. The van der Waals surface area contributed by atoms with E-state index >= 15 is 0 Å². The quantitative estimate of drug-likeness (QED) is 0.856. The first-order valence-electron chi connectivity index (χ1n) is 4.39. The van der Waals surface area contributed by atoms with E-state index in [2.05, 4.69) is 22.6 Å². The fourth-order valence-corrected chi connectivity index (χ4v) is 1.63. The molecule has 0 aromatic heterocycles. The van der Waals surface area contributed by atoms with E-state index in [4.69, 9.17) is 21.4 Å². The van der Waals surface area contributed by atoms with Gasteiger partial charge in [-0.15, -0.1) is 0 Å². The molecular formula is C10H10ClIO3. The summed E-state index contributed by atoms with van der Waals surface area (Å²) in [4.78, 5) is 10.7. The lowest BCUT2D eigenvalue weighted by Crippen LogP contribution is -2.25. The van der Waals surface area contributed by atoms with Crippen LogP contribution in [0.2, 0.25) is 5.02 Å². The van der Waals surface area contributed by atoms with Crippen molar-refractivity contribution in [3.63, 3.8) is 0 Å². The second-order valence-electron chi connectivity index (χ2n) is 2.93. The fourth-order valence-electron chi connectivity index (χ4n) is 1.02. The highest BCUT2D eigenvalue weighted by atomic mass is 127. The van der Waals surface area contributed by atoms with Crippen LogP contribution in [0.15, 0.2) is 18.2 Å². The number of carboxylic acid groups (broad SMARTS) is 1. The zero-order chi connectivity index (χ0) is 11.4. The lowest BCUT2D eigenvalue weighted by molar-refractivity contribution is -0.145. The minimum atomic E-state index is -0.956. The Kier molecular flexibility index (Phi) is 4.66. The van der Waals surface area contributed by atoms with Crippen molar-refractivity contribution in [2.24, 2.45) is 0 Å². The Hall–Kier alpha value is -0.490. The van der Waals surface area contributed by atoms with Crippen LogP contribution in [-0.2, 0) is 4.79 Å². The molecule has 0 fully saturated rings. The van der Waals surface area contributed by atoms with E-state index < -0.39 is 12.1 Å². The predicted molar refractivity (Wildman–Crippen MR) is 66.5 cm³/mol. The monoisotopic (exact) mass is 340 g/mol. The summed E-state index contributed by atoms with van der Waals surface area (Å²) in [7, 11) is 0. The van der Waals surface area contributed by atoms with Gasteiger partial charge in [-0.25, -0.2) is 4.79 Å². The van der Waals surface area contributed by atoms with Crippen LogP contribution in [0.25, 0.3) is 0 Å². The highest BCUT2D eigenvalue weighted by Gasteiger charge is 2.16. The summed E-state index contributed by atoms with van der Waals surface area (Å²) in [6, 6.07) is 5.07. The van der Waals surface area contributed by atoms with Crippen LogP contribution in [0.3, 0.4) is 0 Å². The lowest BCUT2D eigenvalue weighted by atomic mass is 10.3. The second kappa shape index (κ2) is 5.55. The number of carbonyl (C=O) groups is 1. The van der Waals surface area contributed by atoms with Gasteiger partial charge in [-0.2, -0.15) is 0 Å². The SMILES string of the molecule is CCC(Oc1ccc(Cl)c(I)c1)C(=O)O. The average Bonchev–Trinajstić information content (AvgIpc) is 2.19. The van der Waals surface area contributed by atoms with Crippen molar-refractivity contribution in [1.29, 1.82) is 0 Å². The van der Waals surface area contributed by atoms with Gasteiger partial charge in [0.2, 0.25) is 0 Å². The third-order valence-electron chi connectivity index (χ3n) is 1.82. The van der Waals surface area contributed by atoms with E-state index in [0.29, 0.717) is 17.2 Å². The van der Waals surface area contributed by atoms with Gasteiger partial charge in [-0.05, 0) is 47.2 Å². The smallest absolute Gasteiger partial charge is 0.344 e. The molecule has 1 N–H and O–H groups in total. The largest absolute Gasteiger partial charge is 0.479 e. The molecule has 0 radical (unpaired) electrons. The summed E-state index contributed by atoms with van der Waals surface area (Å²) in [5.41, 5.74) is 0. The first kappa shape index (κ1) is 12.6. The van der Waals surface area contributed by atoms with E-state index in [-0.39, 0.29) is 0 Å². The van der Waals surface area contributed by atoms with E-state index in [9.17, 15) is 4.79 Å². The van der Waals surface area contributed by atoms with E-state index in [1.54, 1.807) is 25.1 Å². The maximum Gasteiger partial charge on any atom is 0.344 e. The normalized spacial score (nSPS) is 12.2. The Labute approximate surface area is 107 Å². The van der Waals surface area contributed by atoms with E-state index in [0.717, 1.165) is 3.57 Å². The van der Waals surface area contributed by atoms with Gasteiger partial charge in [0.05, 0.1) is 5.02 Å². The van der Waals surface area contributed by atoms with E-state index in [1.807, 2.05) is 0 Å². The molecule has 15 heavy (non-hydrogen) atoms. The van der Waals surface area contributed by atoms with Crippen LogP contribution in [-0.4, -0.2) is 17.2 Å². The summed E-state index contributed by atoms with van der Waals surface area (Å²) in [6.07, 6.45) is -0.379. The van der Waals surface area contributed by atoms with Crippen LogP contribution in [0.1, 0.15) is 13.3 Å². The molecule has 5 heteroatoms. The van der Waals surface area contributed by atoms with Crippen LogP contribution in [0.4, 0.5) is 0 Å². The Bertz CT molecular complexity index is 368. The molecule has 0 heterocycles. The van der Waals surface area contributed by atoms with Gasteiger partial charge in [0, 0.05) is 3.57 Å². The van der Waals surface area contributed by atoms with Gasteiger partial charge >= 0.3 is 5.97 Å². The Balaban J connectivity index is 2.80. The number of benzene rings is 1. The Morgan fingerprint density at radius 3 is 2.80 bits per heavy atom. The van der Waals surface area contributed by atoms with Crippen molar-refractivity contribution in [3.8, 4) is 5.75 Å². The molecule has 1 unspecified atom stereocenters. The summed E-state index contributed by atoms with van der Waals surface area (Å²) in [6.45, 7) is 1.76. The average molecular weight is 341 g/mol. The van der Waals surface area contributed by atoms with Crippen molar-refractivity contribution in [1.82, 2.24) is 0 Å². The maximum absolute atomic E-state index is 10.7. The van der Waals surface area contributed by atoms with Crippen LogP contribution in [0.5, 0.6) is 5.75 Å². The molecule has 1 aromatic rings. The summed E-state index contributed by atoms with van der Waals surface area (Å²) >= 11 is 7.90. The minimum absolute atomic E-state index is 0.425. The molecule has 0 aliphatic carbocycles. The van der Waals surface area contributed by atoms with Gasteiger partial charge in [-0.3, -0.25) is 0 Å². The number of carboxylic acids is 1. The number of hydrogen-bond acceptors (Lipinski definition) is 2. The van der Waals surface area contributed by atoms with Gasteiger partial charge < -0.3 is 9.84 Å². The molecule has 3 nitrogen and oxygen atoms in total. The third kappa shape index (κ3) is 3.53. The molecule has 0 saturated heterocycles. The summed E-state index contributed by atoms with van der Waals surface area (Å²) in [5, 5.41) is 9.44. The van der Waals surface area contributed by atoms with Crippen molar-refractivity contribution in [2.75, 3.05) is 0 Å². The van der Waals surface area contributed by atoms with Crippen LogP contribution in [0, 0.1) is 3.57 Å². The summed E-state index contributed by atoms with van der Waals surface area (Å²) in [5.74, 6) is -0.430. The summed E-state index contributed by atoms with van der Waals surface area (Å²) < 4.78 is 6.14. The standard InChI is InChI=1S/C10H10ClIO3/c1-2-9(10(13)14)15-6-3-4-7(11)8(12)5-6/h3-5,9H,2H2,1H3,(H,13,14). The zero-order valence-electron chi connectivity index (χ0n) is 8.04. The first-order chi connectivity index (χ1) is 7.04. The lowest BCUT2D eigenvalue weighted by Gasteiger charge is -2.13. The molecule has 0 amide bonds. The Morgan fingerprint density at radius 1 is 1.67 bits per heavy atom. The Morgan fingerprint density at radius 2 is 2.33 bits per heavy atom. The molecule has 0 saturated carbocycles. The predicted octanol–water partition coefficient (Wildman–Crippen LogP) is 3.19. The molecule has 1 atom stereocenters. The topological polar surface area (TPSA) is 46.5 Å². The van der Waals surface area contributed by atoms with Crippen LogP contribution >= 0.6 is 34.2 Å². The molecular weight excluding hydrogens is 330 g/mol. The highest BCUT2D eigenvalue weighted by Crippen LogP contribution is 2.24. The van der Waals surface area contributed by atoms with Gasteiger partial charge in [-0.1, -0.05) is 18.5 Å². The van der Waals surface area contributed by atoms with Crippen LogP contribution < -0.4 is 4.74 Å². The number of ether oxygens (including phenoxy) is 1. The molecule has 1 rings (SSSR count). The fraction of sp³-hybridized carbons (Fsp3) is 0.300. The molecule has 0 aliphatic rings. The van der Waals surface area contributed by atoms with Crippen molar-refractivity contribution in [2.45, 2.75) is 19.4 Å². The first-order valence-corrected chi connectivity index (χ1v) is 5.84. The molecule has 0 spiro atoms.